The number of nitrogens with zero attached hydrogens (tertiary/aromatic N) is 1. The molecule has 0 saturated heterocycles. The molecule has 1 aromatic rings. The third-order valence-corrected chi connectivity index (χ3v) is 5.69. The number of hydrogen-bond acceptors (Lipinski definition) is 4. The summed E-state index contributed by atoms with van der Waals surface area (Å²) in [5.74, 6) is 0. The average molecular weight is 281 g/mol. The van der Waals surface area contributed by atoms with Gasteiger partial charge < -0.3 is 0 Å². The minimum absolute atomic E-state index is 0.315. The lowest BCUT2D eigenvalue weighted by molar-refractivity contribution is -0.0587. The van der Waals surface area contributed by atoms with E-state index < -0.39 is 10.1 Å². The quantitative estimate of drug-likeness (QED) is 0.854. The van der Waals surface area contributed by atoms with Gasteiger partial charge in [0.25, 0.3) is 10.1 Å². The summed E-state index contributed by atoms with van der Waals surface area (Å²) in [5, 5.41) is 1.25. The van der Waals surface area contributed by atoms with Crippen molar-refractivity contribution in [1.29, 1.82) is 0 Å². The molecule has 0 N–H and O–H groups in total. The molecule has 0 bridgehead atoms. The molecule has 1 aliphatic carbocycles. The topological polar surface area (TPSA) is 46.6 Å². The number of hydrogen-bond donors (Lipinski definition) is 0. The third-order valence-electron chi connectivity index (χ3n) is 3.98. The second-order valence-corrected chi connectivity index (χ2v) is 7.20. The molecule has 0 unspecified atom stereocenters. The molecule has 1 aromatic carbocycles. The third kappa shape index (κ3) is 2.83. The molecule has 19 heavy (non-hydrogen) atoms. The Morgan fingerprint density at radius 1 is 1.00 bits per heavy atom. The highest BCUT2D eigenvalue weighted by molar-refractivity contribution is 7.87. The highest BCUT2D eigenvalue weighted by atomic mass is 32.2. The lowest BCUT2D eigenvalue weighted by Gasteiger charge is -2.23. The molecule has 0 amide bonds. The van der Waals surface area contributed by atoms with Crippen molar-refractivity contribution in [2.75, 3.05) is 0 Å². The summed E-state index contributed by atoms with van der Waals surface area (Å²) in [7, 11) is -3.46. The standard InChI is InChI=1S/C14H19NO3S/c16-19(17,14-8-2-1-3-9-14)18-15-10-12-6-4-5-7-13(12)11-15/h4-7,14H,1-3,8-11H2. The molecule has 0 atom stereocenters. The van der Waals surface area contributed by atoms with Gasteiger partial charge in [-0.1, -0.05) is 43.5 Å². The molecule has 1 saturated carbocycles. The van der Waals surface area contributed by atoms with Crippen LogP contribution in [0.5, 0.6) is 0 Å². The second kappa shape index (κ2) is 5.23. The van der Waals surface area contributed by atoms with Crippen LogP contribution in [0.1, 0.15) is 43.2 Å². The Morgan fingerprint density at radius 2 is 1.58 bits per heavy atom. The van der Waals surface area contributed by atoms with Crippen LogP contribution < -0.4 is 0 Å². The minimum atomic E-state index is -3.46. The fourth-order valence-electron chi connectivity index (χ4n) is 2.92. The Morgan fingerprint density at radius 3 is 2.16 bits per heavy atom. The van der Waals surface area contributed by atoms with Gasteiger partial charge in [0.05, 0.1) is 18.3 Å². The van der Waals surface area contributed by atoms with Crippen molar-refractivity contribution in [3.8, 4) is 0 Å². The zero-order chi connectivity index (χ0) is 13.3. The second-order valence-electron chi connectivity index (χ2n) is 5.39. The highest BCUT2D eigenvalue weighted by Crippen LogP contribution is 2.28. The van der Waals surface area contributed by atoms with E-state index in [-0.39, 0.29) is 5.25 Å². The van der Waals surface area contributed by atoms with Crippen molar-refractivity contribution in [1.82, 2.24) is 5.06 Å². The summed E-state index contributed by atoms with van der Waals surface area (Å²) in [5.41, 5.74) is 2.31. The monoisotopic (exact) mass is 281 g/mol. The molecule has 1 fully saturated rings. The van der Waals surface area contributed by atoms with E-state index in [2.05, 4.69) is 0 Å². The van der Waals surface area contributed by atoms with E-state index in [1.807, 2.05) is 24.3 Å². The van der Waals surface area contributed by atoms with E-state index in [1.165, 1.54) is 0 Å². The van der Waals surface area contributed by atoms with Crippen LogP contribution in [0, 0.1) is 0 Å². The number of rotatable bonds is 3. The van der Waals surface area contributed by atoms with Gasteiger partial charge in [-0.25, -0.2) is 0 Å². The first-order valence-corrected chi connectivity index (χ1v) is 8.37. The van der Waals surface area contributed by atoms with Crippen LogP contribution in [0.3, 0.4) is 0 Å². The number of fused-ring (bicyclic) bond motifs is 1. The van der Waals surface area contributed by atoms with Gasteiger partial charge >= 0.3 is 0 Å². The van der Waals surface area contributed by atoms with E-state index in [0.29, 0.717) is 13.1 Å². The molecule has 0 radical (unpaired) electrons. The predicted octanol–water partition coefficient (Wildman–Crippen LogP) is 2.60. The SMILES string of the molecule is O=S(=O)(ON1Cc2ccccc2C1)C1CCCCC1. The molecular formula is C14H19NO3S. The molecule has 2 aliphatic rings. The van der Waals surface area contributed by atoms with E-state index in [0.717, 1.165) is 43.2 Å². The summed E-state index contributed by atoms with van der Waals surface area (Å²) >= 11 is 0. The van der Waals surface area contributed by atoms with Gasteiger partial charge in [-0.3, -0.25) is 0 Å². The number of hydroxylamine groups is 2. The molecule has 5 heteroatoms. The van der Waals surface area contributed by atoms with E-state index in [4.69, 9.17) is 4.28 Å². The number of benzene rings is 1. The Balaban J connectivity index is 1.66. The first-order valence-electron chi connectivity index (χ1n) is 6.90. The van der Waals surface area contributed by atoms with Crippen molar-refractivity contribution < 1.29 is 12.7 Å². The van der Waals surface area contributed by atoms with Crippen LogP contribution in [0.4, 0.5) is 0 Å². The van der Waals surface area contributed by atoms with Gasteiger partial charge in [0.15, 0.2) is 0 Å². The first-order chi connectivity index (χ1) is 9.15. The molecule has 1 heterocycles. The maximum atomic E-state index is 12.2. The van der Waals surface area contributed by atoms with Gasteiger partial charge in [-0.05, 0) is 24.0 Å². The van der Waals surface area contributed by atoms with Crippen molar-refractivity contribution in [3.05, 3.63) is 35.4 Å². The highest BCUT2D eigenvalue weighted by Gasteiger charge is 2.32. The zero-order valence-corrected chi connectivity index (χ0v) is 11.7. The Labute approximate surface area is 114 Å². The Hall–Kier alpha value is -0.910. The molecular weight excluding hydrogens is 262 g/mol. The van der Waals surface area contributed by atoms with Crippen LogP contribution in [-0.4, -0.2) is 18.7 Å². The lowest BCUT2D eigenvalue weighted by atomic mass is 10.0. The van der Waals surface area contributed by atoms with Gasteiger partial charge in [-0.2, -0.15) is 17.8 Å². The van der Waals surface area contributed by atoms with E-state index >= 15 is 0 Å². The van der Waals surface area contributed by atoms with E-state index in [1.54, 1.807) is 5.06 Å². The first kappa shape index (κ1) is 13.1. The van der Waals surface area contributed by atoms with Gasteiger partial charge in [-0.15, -0.1) is 0 Å². The summed E-state index contributed by atoms with van der Waals surface area (Å²) in [6.07, 6.45) is 4.61. The zero-order valence-electron chi connectivity index (χ0n) is 10.9. The Bertz CT molecular complexity index is 525. The van der Waals surface area contributed by atoms with E-state index in [9.17, 15) is 8.42 Å². The molecule has 3 rings (SSSR count). The van der Waals surface area contributed by atoms with Crippen molar-refractivity contribution in [2.24, 2.45) is 0 Å². The van der Waals surface area contributed by atoms with Crippen LogP contribution >= 0.6 is 0 Å². The molecule has 4 nitrogen and oxygen atoms in total. The normalized spacial score (nSPS) is 21.5. The minimum Gasteiger partial charge on any atom is -0.198 e. The summed E-state index contributed by atoms with van der Waals surface area (Å²) in [6, 6.07) is 7.98. The van der Waals surface area contributed by atoms with Crippen molar-refractivity contribution >= 4 is 10.1 Å². The molecule has 0 aromatic heterocycles. The molecule has 104 valence electrons. The fraction of sp³-hybridized carbons (Fsp3) is 0.571. The van der Waals surface area contributed by atoms with Crippen LogP contribution in [-0.2, 0) is 27.5 Å². The molecule has 0 spiro atoms. The summed E-state index contributed by atoms with van der Waals surface area (Å²) in [6.45, 7) is 1.12. The summed E-state index contributed by atoms with van der Waals surface area (Å²) in [4.78, 5) is 0. The van der Waals surface area contributed by atoms with Gasteiger partial charge in [0, 0.05) is 0 Å². The maximum Gasteiger partial charge on any atom is 0.286 e. The van der Waals surface area contributed by atoms with Crippen LogP contribution in [0.2, 0.25) is 0 Å². The Kier molecular flexibility index (Phi) is 3.60. The van der Waals surface area contributed by atoms with Crippen LogP contribution in [0.15, 0.2) is 24.3 Å². The lowest BCUT2D eigenvalue weighted by Crippen LogP contribution is -2.31. The van der Waals surface area contributed by atoms with Gasteiger partial charge in [0.1, 0.15) is 0 Å². The average Bonchev–Trinajstić information content (AvgIpc) is 2.81. The molecule has 1 aliphatic heterocycles. The van der Waals surface area contributed by atoms with Gasteiger partial charge in [0.2, 0.25) is 0 Å². The predicted molar refractivity (Wildman–Crippen MR) is 72.6 cm³/mol. The van der Waals surface area contributed by atoms with Crippen molar-refractivity contribution in [3.63, 3.8) is 0 Å². The smallest absolute Gasteiger partial charge is 0.198 e. The fourth-order valence-corrected chi connectivity index (χ4v) is 4.35. The largest absolute Gasteiger partial charge is 0.286 e. The van der Waals surface area contributed by atoms with Crippen molar-refractivity contribution in [2.45, 2.75) is 50.4 Å². The maximum absolute atomic E-state index is 12.2. The van der Waals surface area contributed by atoms with Crippen LogP contribution in [0.25, 0.3) is 0 Å². The summed E-state index contributed by atoms with van der Waals surface area (Å²) < 4.78 is 29.8.